The van der Waals surface area contributed by atoms with Crippen molar-refractivity contribution < 1.29 is 23.8 Å². The molecule has 0 atom stereocenters. The number of nitrogens with zero attached hydrogens (tertiary/aromatic N) is 3. The molecule has 10 nitrogen and oxygen atoms in total. The number of carbonyl (C=O) groups excluding carboxylic acids is 2. The van der Waals surface area contributed by atoms with Crippen LogP contribution in [0.4, 0.5) is 11.4 Å². The number of rotatable bonds is 8. The predicted octanol–water partition coefficient (Wildman–Crippen LogP) is 3.99. The molecular formula is C21H20N4O6S. The van der Waals surface area contributed by atoms with Gasteiger partial charge in [-0.25, -0.2) is 9.78 Å². The van der Waals surface area contributed by atoms with Gasteiger partial charge >= 0.3 is 5.97 Å². The number of non-ortho nitro benzene ring substituents is 1. The van der Waals surface area contributed by atoms with Crippen molar-refractivity contribution >= 4 is 35.0 Å². The Balaban J connectivity index is 1.60. The molecule has 0 aliphatic heterocycles. The van der Waals surface area contributed by atoms with Crippen molar-refractivity contribution in [2.45, 2.75) is 31.6 Å². The largest absolute Gasteiger partial charge is 0.452 e. The van der Waals surface area contributed by atoms with Crippen LogP contribution in [-0.2, 0) is 15.3 Å². The monoisotopic (exact) mass is 456 g/mol. The highest BCUT2D eigenvalue weighted by Crippen LogP contribution is 2.27. The summed E-state index contributed by atoms with van der Waals surface area (Å²) < 4.78 is 10.3. The Morgan fingerprint density at radius 2 is 2.03 bits per heavy atom. The molecule has 0 spiro atoms. The van der Waals surface area contributed by atoms with Crippen LogP contribution in [-0.4, -0.2) is 33.5 Å². The molecule has 1 N–H and O–H groups in total. The standard InChI is InChI=1S/C21H20N4O6S/c1-12-9-15(25(28)29)6-7-18(12)23-19(26)10-30-21(27)16-5-4-8-22-20(16)32-11-17-13(2)24-31-14(17)3/h4-9H,10-11H2,1-3H3,(H,23,26). The van der Waals surface area contributed by atoms with E-state index in [-0.39, 0.29) is 11.3 Å². The first-order chi connectivity index (χ1) is 15.3. The molecule has 0 aliphatic carbocycles. The maximum absolute atomic E-state index is 12.5. The average Bonchev–Trinajstić information content (AvgIpc) is 3.09. The number of hydrogen-bond donors (Lipinski definition) is 1. The fourth-order valence-corrected chi connectivity index (χ4v) is 3.94. The van der Waals surface area contributed by atoms with E-state index in [0.29, 0.717) is 27.8 Å². The third-order valence-corrected chi connectivity index (χ3v) is 5.59. The van der Waals surface area contributed by atoms with Crippen LogP contribution in [0.2, 0.25) is 0 Å². The van der Waals surface area contributed by atoms with E-state index in [2.05, 4.69) is 15.5 Å². The normalized spacial score (nSPS) is 10.6. The Bertz CT molecular complexity index is 1160. The van der Waals surface area contributed by atoms with Crippen molar-refractivity contribution in [1.29, 1.82) is 0 Å². The van der Waals surface area contributed by atoms with E-state index < -0.39 is 23.4 Å². The number of benzene rings is 1. The minimum Gasteiger partial charge on any atom is -0.452 e. The summed E-state index contributed by atoms with van der Waals surface area (Å²) in [5.41, 5.74) is 2.78. The lowest BCUT2D eigenvalue weighted by Crippen LogP contribution is -2.21. The number of aryl methyl sites for hydroxylation is 3. The smallest absolute Gasteiger partial charge is 0.341 e. The minimum atomic E-state index is -0.685. The summed E-state index contributed by atoms with van der Waals surface area (Å²) in [6.45, 7) is 4.77. The van der Waals surface area contributed by atoms with Gasteiger partial charge in [-0.1, -0.05) is 5.16 Å². The lowest BCUT2D eigenvalue weighted by atomic mass is 10.2. The van der Waals surface area contributed by atoms with Gasteiger partial charge in [-0.3, -0.25) is 14.9 Å². The van der Waals surface area contributed by atoms with Gasteiger partial charge in [0.1, 0.15) is 10.8 Å². The summed E-state index contributed by atoms with van der Waals surface area (Å²) in [5.74, 6) is -0.0365. The molecule has 0 saturated carbocycles. The van der Waals surface area contributed by atoms with Crippen LogP contribution in [0.25, 0.3) is 0 Å². The van der Waals surface area contributed by atoms with E-state index >= 15 is 0 Å². The molecule has 0 saturated heterocycles. The quantitative estimate of drug-likeness (QED) is 0.231. The molecule has 3 rings (SSSR count). The zero-order chi connectivity index (χ0) is 23.3. The van der Waals surface area contributed by atoms with Crippen LogP contribution in [0.15, 0.2) is 46.1 Å². The summed E-state index contributed by atoms with van der Waals surface area (Å²) in [5, 5.41) is 17.8. The number of hydrogen-bond acceptors (Lipinski definition) is 9. The van der Waals surface area contributed by atoms with Gasteiger partial charge in [0.2, 0.25) is 0 Å². The third kappa shape index (κ3) is 5.49. The number of carbonyl (C=O) groups is 2. The summed E-state index contributed by atoms with van der Waals surface area (Å²) in [7, 11) is 0. The van der Waals surface area contributed by atoms with E-state index in [0.717, 1.165) is 11.3 Å². The van der Waals surface area contributed by atoms with E-state index in [1.165, 1.54) is 30.0 Å². The van der Waals surface area contributed by atoms with Gasteiger partial charge in [-0.15, -0.1) is 11.8 Å². The van der Waals surface area contributed by atoms with Crippen LogP contribution < -0.4 is 5.32 Å². The Labute approximate surface area is 187 Å². The molecule has 1 amide bonds. The number of thioether (sulfide) groups is 1. The maximum Gasteiger partial charge on any atom is 0.341 e. The van der Waals surface area contributed by atoms with Gasteiger partial charge in [0.25, 0.3) is 11.6 Å². The average molecular weight is 456 g/mol. The molecule has 0 unspecified atom stereocenters. The Hall–Kier alpha value is -3.73. The number of nitrogens with one attached hydrogen (secondary N) is 1. The molecule has 0 fully saturated rings. The SMILES string of the molecule is Cc1cc([N+](=O)[O-])ccc1NC(=O)COC(=O)c1cccnc1SCc1c(C)noc1C. The molecule has 0 bridgehead atoms. The first-order valence-electron chi connectivity index (χ1n) is 9.48. The molecule has 3 aromatic rings. The third-order valence-electron chi connectivity index (χ3n) is 4.55. The zero-order valence-electron chi connectivity index (χ0n) is 17.6. The van der Waals surface area contributed by atoms with Crippen LogP contribution in [0.5, 0.6) is 0 Å². The van der Waals surface area contributed by atoms with Gasteiger partial charge in [0, 0.05) is 35.3 Å². The summed E-state index contributed by atoms with van der Waals surface area (Å²) >= 11 is 1.34. The predicted molar refractivity (Wildman–Crippen MR) is 117 cm³/mol. The summed E-state index contributed by atoms with van der Waals surface area (Å²) in [4.78, 5) is 39.3. The van der Waals surface area contributed by atoms with Gasteiger partial charge in [-0.2, -0.15) is 0 Å². The Morgan fingerprint density at radius 3 is 2.69 bits per heavy atom. The first-order valence-corrected chi connectivity index (χ1v) is 10.5. The number of amides is 1. The van der Waals surface area contributed by atoms with E-state index in [9.17, 15) is 19.7 Å². The highest BCUT2D eigenvalue weighted by molar-refractivity contribution is 7.98. The van der Waals surface area contributed by atoms with Crippen molar-refractivity contribution in [3.8, 4) is 0 Å². The van der Waals surface area contributed by atoms with Gasteiger partial charge < -0.3 is 14.6 Å². The van der Waals surface area contributed by atoms with Crippen molar-refractivity contribution in [2.75, 3.05) is 11.9 Å². The molecule has 32 heavy (non-hydrogen) atoms. The second kappa shape index (κ2) is 10.1. The lowest BCUT2D eigenvalue weighted by Gasteiger charge is -2.10. The van der Waals surface area contributed by atoms with Crippen molar-refractivity contribution in [1.82, 2.24) is 10.1 Å². The molecule has 2 heterocycles. The molecule has 11 heteroatoms. The number of nitro groups is 1. The van der Waals surface area contributed by atoms with E-state index in [1.807, 2.05) is 13.8 Å². The second-order valence-electron chi connectivity index (χ2n) is 6.83. The van der Waals surface area contributed by atoms with Crippen molar-refractivity contribution in [2.24, 2.45) is 0 Å². The number of anilines is 1. The van der Waals surface area contributed by atoms with Crippen molar-refractivity contribution in [3.63, 3.8) is 0 Å². The minimum absolute atomic E-state index is 0.0786. The fourth-order valence-electron chi connectivity index (χ4n) is 2.81. The van der Waals surface area contributed by atoms with Crippen LogP contribution in [0.3, 0.4) is 0 Å². The van der Waals surface area contributed by atoms with Crippen LogP contribution in [0, 0.1) is 30.9 Å². The topological polar surface area (TPSA) is 137 Å². The number of aromatic nitrogens is 2. The lowest BCUT2D eigenvalue weighted by molar-refractivity contribution is -0.384. The highest BCUT2D eigenvalue weighted by Gasteiger charge is 2.18. The van der Waals surface area contributed by atoms with Gasteiger partial charge in [0.15, 0.2) is 6.61 Å². The molecule has 166 valence electrons. The van der Waals surface area contributed by atoms with Crippen LogP contribution in [0.1, 0.15) is 32.9 Å². The molecule has 0 aliphatic rings. The van der Waals surface area contributed by atoms with Crippen LogP contribution >= 0.6 is 11.8 Å². The second-order valence-corrected chi connectivity index (χ2v) is 7.79. The van der Waals surface area contributed by atoms with E-state index in [1.54, 1.807) is 25.3 Å². The molecular weight excluding hydrogens is 436 g/mol. The number of ether oxygens (including phenoxy) is 1. The molecule has 1 aromatic carbocycles. The molecule has 2 aromatic heterocycles. The number of nitro benzene ring substituents is 1. The highest BCUT2D eigenvalue weighted by atomic mass is 32.2. The number of esters is 1. The summed E-state index contributed by atoms with van der Waals surface area (Å²) in [6, 6.07) is 7.24. The Morgan fingerprint density at radius 1 is 1.25 bits per heavy atom. The maximum atomic E-state index is 12.5. The van der Waals surface area contributed by atoms with Crippen molar-refractivity contribution in [3.05, 3.63) is 74.8 Å². The van der Waals surface area contributed by atoms with Gasteiger partial charge in [-0.05, 0) is 44.5 Å². The van der Waals surface area contributed by atoms with E-state index in [4.69, 9.17) is 9.26 Å². The Kier molecular flexibility index (Phi) is 7.21. The first kappa shape index (κ1) is 22.9. The fraction of sp³-hybridized carbons (Fsp3) is 0.238. The number of pyridine rings is 1. The zero-order valence-corrected chi connectivity index (χ0v) is 18.4. The van der Waals surface area contributed by atoms with Gasteiger partial charge in [0.05, 0.1) is 16.2 Å². The summed E-state index contributed by atoms with van der Waals surface area (Å²) in [6.07, 6.45) is 1.57. The molecule has 0 radical (unpaired) electrons.